The van der Waals surface area contributed by atoms with E-state index in [2.05, 4.69) is 48.5 Å². The zero-order valence-electron chi connectivity index (χ0n) is 11.8. The van der Waals surface area contributed by atoms with Crippen LogP contribution in [0.1, 0.15) is 28.3 Å². The van der Waals surface area contributed by atoms with E-state index in [0.29, 0.717) is 0 Å². The number of benzene rings is 1. The smallest absolute Gasteiger partial charge is 0.0809 e. The third-order valence-electron chi connectivity index (χ3n) is 3.70. The molecule has 0 aliphatic rings. The van der Waals surface area contributed by atoms with Crippen LogP contribution in [-0.2, 0) is 6.42 Å². The molecule has 102 valence electrons. The Morgan fingerprint density at radius 2 is 2.05 bits per heavy atom. The number of nitrogens with two attached hydrogens (primary N) is 1. The van der Waals surface area contributed by atoms with Crippen molar-refractivity contribution in [3.05, 3.63) is 64.2 Å². The third-order valence-corrected chi connectivity index (χ3v) is 4.55. The van der Waals surface area contributed by atoms with E-state index in [1.54, 1.807) is 11.3 Å². The summed E-state index contributed by atoms with van der Waals surface area (Å²) in [5.74, 6) is 0. The zero-order chi connectivity index (χ0) is 14.1. The van der Waals surface area contributed by atoms with E-state index in [-0.39, 0.29) is 6.04 Å². The van der Waals surface area contributed by atoms with E-state index in [4.69, 9.17) is 5.73 Å². The molecule has 2 aromatic heterocycles. The van der Waals surface area contributed by atoms with Crippen LogP contribution in [0.3, 0.4) is 0 Å². The number of nitrogens with zero attached hydrogens (tertiary/aromatic N) is 1. The predicted octanol–water partition coefficient (Wildman–Crippen LogP) is 4.16. The van der Waals surface area contributed by atoms with Gasteiger partial charge in [-0.25, -0.2) is 0 Å². The molecule has 2 heterocycles. The topological polar surface area (TPSA) is 38.9 Å². The molecule has 1 unspecified atom stereocenters. The molecule has 2 N–H and O–H groups in total. The van der Waals surface area contributed by atoms with Gasteiger partial charge in [-0.2, -0.15) is 0 Å². The summed E-state index contributed by atoms with van der Waals surface area (Å²) in [7, 11) is 0. The van der Waals surface area contributed by atoms with Gasteiger partial charge in [0.05, 0.1) is 10.2 Å². The molecule has 3 heteroatoms. The average Bonchev–Trinajstić information content (AvgIpc) is 2.90. The van der Waals surface area contributed by atoms with E-state index >= 15 is 0 Å². The standard InChI is InChI=1S/C17H18N2S/c1-11-3-4-12(2)13(7-11)8-15(18)14-9-17-16(19-10-14)5-6-20-17/h3-7,9-10,15H,8,18H2,1-2H3. The Hall–Kier alpha value is -1.71. The lowest BCUT2D eigenvalue weighted by atomic mass is 9.96. The van der Waals surface area contributed by atoms with Crippen LogP contribution in [0.25, 0.3) is 10.2 Å². The first-order valence-electron chi connectivity index (χ1n) is 6.78. The lowest BCUT2D eigenvalue weighted by Gasteiger charge is -2.14. The van der Waals surface area contributed by atoms with Crippen molar-refractivity contribution in [2.75, 3.05) is 0 Å². The van der Waals surface area contributed by atoms with Crippen molar-refractivity contribution >= 4 is 21.6 Å². The van der Waals surface area contributed by atoms with Gasteiger partial charge in [0.15, 0.2) is 0 Å². The van der Waals surface area contributed by atoms with E-state index < -0.39 is 0 Å². The molecular weight excluding hydrogens is 264 g/mol. The molecule has 0 bridgehead atoms. The Bertz CT molecular complexity index is 746. The minimum atomic E-state index is -0.00509. The van der Waals surface area contributed by atoms with Gasteiger partial charge in [0.25, 0.3) is 0 Å². The SMILES string of the molecule is Cc1ccc(C)c(CC(N)c2cnc3ccsc3c2)c1. The Labute approximate surface area is 123 Å². The highest BCUT2D eigenvalue weighted by atomic mass is 32.1. The summed E-state index contributed by atoms with van der Waals surface area (Å²) in [4.78, 5) is 4.47. The number of aromatic nitrogens is 1. The van der Waals surface area contributed by atoms with Crippen LogP contribution in [-0.4, -0.2) is 4.98 Å². The highest BCUT2D eigenvalue weighted by Crippen LogP contribution is 2.24. The fourth-order valence-electron chi connectivity index (χ4n) is 2.44. The molecule has 2 nitrogen and oxygen atoms in total. The summed E-state index contributed by atoms with van der Waals surface area (Å²) in [5.41, 5.74) is 12.4. The fraction of sp³-hybridized carbons (Fsp3) is 0.235. The van der Waals surface area contributed by atoms with Crippen molar-refractivity contribution in [2.24, 2.45) is 5.73 Å². The number of hydrogen-bond donors (Lipinski definition) is 1. The molecule has 0 saturated carbocycles. The van der Waals surface area contributed by atoms with Gasteiger partial charge in [-0.3, -0.25) is 4.98 Å². The second kappa shape index (κ2) is 5.35. The van der Waals surface area contributed by atoms with Crippen LogP contribution >= 0.6 is 11.3 Å². The summed E-state index contributed by atoms with van der Waals surface area (Å²) in [5, 5.41) is 2.07. The number of fused-ring (bicyclic) bond motifs is 1. The van der Waals surface area contributed by atoms with Gasteiger partial charge in [-0.1, -0.05) is 23.8 Å². The highest BCUT2D eigenvalue weighted by molar-refractivity contribution is 7.17. The van der Waals surface area contributed by atoms with Crippen LogP contribution in [0.5, 0.6) is 0 Å². The zero-order valence-corrected chi connectivity index (χ0v) is 12.6. The summed E-state index contributed by atoms with van der Waals surface area (Å²) in [6.45, 7) is 4.26. The van der Waals surface area contributed by atoms with Crippen LogP contribution in [0.15, 0.2) is 41.9 Å². The molecule has 0 fully saturated rings. The Kier molecular flexibility index (Phi) is 3.55. The second-order valence-corrected chi connectivity index (χ2v) is 6.26. The molecule has 0 spiro atoms. The third kappa shape index (κ3) is 2.60. The number of rotatable bonds is 3. The first-order chi connectivity index (χ1) is 9.63. The highest BCUT2D eigenvalue weighted by Gasteiger charge is 2.11. The van der Waals surface area contributed by atoms with Crippen molar-refractivity contribution in [3.8, 4) is 0 Å². The number of pyridine rings is 1. The number of hydrogen-bond acceptors (Lipinski definition) is 3. The lowest BCUT2D eigenvalue weighted by molar-refractivity contribution is 0.716. The summed E-state index contributed by atoms with van der Waals surface area (Å²) in [6.07, 6.45) is 2.76. The van der Waals surface area contributed by atoms with Crippen LogP contribution in [0, 0.1) is 13.8 Å². The largest absolute Gasteiger partial charge is 0.324 e. The predicted molar refractivity (Wildman–Crippen MR) is 86.2 cm³/mol. The molecule has 20 heavy (non-hydrogen) atoms. The molecule has 3 rings (SSSR count). The van der Waals surface area contributed by atoms with Gasteiger partial charge in [0.2, 0.25) is 0 Å². The Morgan fingerprint density at radius 1 is 1.20 bits per heavy atom. The first kappa shape index (κ1) is 13.3. The van der Waals surface area contributed by atoms with Gasteiger partial charge < -0.3 is 5.73 Å². The average molecular weight is 282 g/mol. The quantitative estimate of drug-likeness (QED) is 0.783. The van der Waals surface area contributed by atoms with Gasteiger partial charge in [0.1, 0.15) is 0 Å². The monoisotopic (exact) mass is 282 g/mol. The molecule has 0 aliphatic carbocycles. The van der Waals surface area contributed by atoms with Crippen LogP contribution in [0.2, 0.25) is 0 Å². The van der Waals surface area contributed by atoms with E-state index in [1.807, 2.05) is 12.3 Å². The Balaban J connectivity index is 1.88. The van der Waals surface area contributed by atoms with Crippen LogP contribution in [0.4, 0.5) is 0 Å². The number of thiophene rings is 1. The molecule has 0 amide bonds. The molecule has 0 saturated heterocycles. The molecule has 0 radical (unpaired) electrons. The minimum absolute atomic E-state index is 0.00509. The van der Waals surface area contributed by atoms with Gasteiger partial charge in [-0.05, 0) is 54.5 Å². The summed E-state index contributed by atoms with van der Waals surface area (Å²) in [6, 6.07) is 10.7. The van der Waals surface area contributed by atoms with Crippen molar-refractivity contribution in [3.63, 3.8) is 0 Å². The molecule has 3 aromatic rings. The maximum absolute atomic E-state index is 6.37. The van der Waals surface area contributed by atoms with E-state index in [9.17, 15) is 0 Å². The lowest BCUT2D eigenvalue weighted by Crippen LogP contribution is -2.14. The van der Waals surface area contributed by atoms with Crippen LogP contribution < -0.4 is 5.73 Å². The van der Waals surface area contributed by atoms with Crippen molar-refractivity contribution in [2.45, 2.75) is 26.3 Å². The maximum Gasteiger partial charge on any atom is 0.0809 e. The van der Waals surface area contributed by atoms with E-state index in [1.165, 1.54) is 21.4 Å². The fourth-order valence-corrected chi connectivity index (χ4v) is 3.23. The van der Waals surface area contributed by atoms with Crippen molar-refractivity contribution < 1.29 is 0 Å². The molecule has 0 aliphatic heterocycles. The van der Waals surface area contributed by atoms with E-state index in [0.717, 1.165) is 17.5 Å². The van der Waals surface area contributed by atoms with Crippen molar-refractivity contribution in [1.82, 2.24) is 4.98 Å². The molecule has 1 atom stereocenters. The minimum Gasteiger partial charge on any atom is -0.324 e. The summed E-state index contributed by atoms with van der Waals surface area (Å²) < 4.78 is 1.21. The molecule has 1 aromatic carbocycles. The second-order valence-electron chi connectivity index (χ2n) is 5.31. The maximum atomic E-state index is 6.37. The Morgan fingerprint density at radius 3 is 2.90 bits per heavy atom. The normalized spacial score (nSPS) is 12.8. The summed E-state index contributed by atoms with van der Waals surface area (Å²) >= 11 is 1.71. The van der Waals surface area contributed by atoms with Gasteiger partial charge >= 0.3 is 0 Å². The van der Waals surface area contributed by atoms with Gasteiger partial charge in [-0.15, -0.1) is 11.3 Å². The van der Waals surface area contributed by atoms with Gasteiger partial charge in [0, 0.05) is 12.2 Å². The molecular formula is C17H18N2S. The van der Waals surface area contributed by atoms with Crippen molar-refractivity contribution in [1.29, 1.82) is 0 Å². The first-order valence-corrected chi connectivity index (χ1v) is 7.66. The number of aryl methyl sites for hydroxylation is 2.